The third-order valence-electron chi connectivity index (χ3n) is 4.58. The van der Waals surface area contributed by atoms with Crippen molar-refractivity contribution in [2.45, 2.75) is 11.8 Å². The largest absolute Gasteiger partial charge is 0.436 e. The number of fused-ring (bicyclic) bond motifs is 2. The van der Waals surface area contributed by atoms with E-state index in [-0.39, 0.29) is 10.5 Å². The summed E-state index contributed by atoms with van der Waals surface area (Å²) in [7, 11) is -4.31. The standard InChI is InChI=1S/C21H14N2O5S/c1-12-2-8-16-18(10-12)27-20(22-16)13-3-5-14(6-4-13)21-23-17-9-7-15(29(24,25)26)11-19(17)28-21/h2-11H,1H3,(H,24,25,26). The van der Waals surface area contributed by atoms with E-state index in [0.717, 1.165) is 22.2 Å². The van der Waals surface area contributed by atoms with E-state index in [4.69, 9.17) is 8.83 Å². The normalized spacial score (nSPS) is 12.1. The molecule has 0 spiro atoms. The molecular weight excluding hydrogens is 392 g/mol. The smallest absolute Gasteiger partial charge is 0.294 e. The van der Waals surface area contributed by atoms with Crippen molar-refractivity contribution in [1.29, 1.82) is 0 Å². The maximum atomic E-state index is 11.3. The van der Waals surface area contributed by atoms with Crippen LogP contribution in [0.4, 0.5) is 0 Å². The molecule has 1 N–H and O–H groups in total. The number of aryl methyl sites for hydroxylation is 1. The zero-order valence-electron chi connectivity index (χ0n) is 15.2. The summed E-state index contributed by atoms with van der Waals surface area (Å²) >= 11 is 0. The van der Waals surface area contributed by atoms with Crippen molar-refractivity contribution in [2.75, 3.05) is 0 Å². The predicted octanol–water partition coefficient (Wildman–Crippen LogP) is 4.86. The van der Waals surface area contributed by atoms with E-state index in [2.05, 4.69) is 9.97 Å². The van der Waals surface area contributed by atoms with Crippen LogP contribution in [0.2, 0.25) is 0 Å². The summed E-state index contributed by atoms with van der Waals surface area (Å²) in [6, 6.07) is 17.2. The van der Waals surface area contributed by atoms with Gasteiger partial charge in [0.15, 0.2) is 11.2 Å². The van der Waals surface area contributed by atoms with Crippen LogP contribution in [-0.4, -0.2) is 22.9 Å². The lowest BCUT2D eigenvalue weighted by Gasteiger charge is -1.98. The highest BCUT2D eigenvalue weighted by Crippen LogP contribution is 2.29. The minimum absolute atomic E-state index is 0.241. The van der Waals surface area contributed by atoms with Gasteiger partial charge in [-0.15, -0.1) is 0 Å². The zero-order chi connectivity index (χ0) is 20.2. The van der Waals surface area contributed by atoms with E-state index in [1.54, 1.807) is 0 Å². The summed E-state index contributed by atoms with van der Waals surface area (Å²) in [5, 5.41) is 0. The molecule has 0 atom stereocenters. The maximum Gasteiger partial charge on any atom is 0.294 e. The zero-order valence-corrected chi connectivity index (χ0v) is 16.0. The second-order valence-electron chi connectivity index (χ2n) is 6.69. The molecule has 0 fully saturated rings. The van der Waals surface area contributed by atoms with Crippen LogP contribution in [0.1, 0.15) is 5.56 Å². The van der Waals surface area contributed by atoms with Crippen molar-refractivity contribution in [3.8, 4) is 22.9 Å². The third kappa shape index (κ3) is 3.18. The highest BCUT2D eigenvalue weighted by Gasteiger charge is 2.15. The van der Waals surface area contributed by atoms with Crippen molar-refractivity contribution in [3.63, 3.8) is 0 Å². The Labute approximate surface area is 165 Å². The molecule has 144 valence electrons. The summed E-state index contributed by atoms with van der Waals surface area (Å²) in [4.78, 5) is 8.64. The second-order valence-corrected chi connectivity index (χ2v) is 8.11. The Balaban J connectivity index is 1.50. The van der Waals surface area contributed by atoms with Crippen molar-refractivity contribution in [3.05, 3.63) is 66.2 Å². The van der Waals surface area contributed by atoms with Crippen molar-refractivity contribution in [2.24, 2.45) is 0 Å². The molecule has 0 amide bonds. The van der Waals surface area contributed by atoms with Gasteiger partial charge in [-0.1, -0.05) is 6.07 Å². The van der Waals surface area contributed by atoms with Crippen molar-refractivity contribution < 1.29 is 21.8 Å². The molecule has 0 aliphatic heterocycles. The SMILES string of the molecule is Cc1ccc2nc(-c3ccc(-c4nc5ccc(S(=O)(=O)O)cc5o4)cc3)oc2c1. The van der Waals surface area contributed by atoms with E-state index in [1.165, 1.54) is 18.2 Å². The number of oxazole rings is 2. The number of nitrogens with zero attached hydrogens (tertiary/aromatic N) is 2. The van der Waals surface area contributed by atoms with Crippen LogP contribution in [0.5, 0.6) is 0 Å². The van der Waals surface area contributed by atoms with Gasteiger partial charge >= 0.3 is 0 Å². The van der Waals surface area contributed by atoms with Gasteiger partial charge in [0.25, 0.3) is 10.1 Å². The average Bonchev–Trinajstić information content (AvgIpc) is 3.30. The minimum Gasteiger partial charge on any atom is -0.436 e. The topological polar surface area (TPSA) is 106 Å². The summed E-state index contributed by atoms with van der Waals surface area (Å²) < 4.78 is 43.3. The maximum absolute atomic E-state index is 11.3. The van der Waals surface area contributed by atoms with Gasteiger partial charge in [-0.2, -0.15) is 8.42 Å². The van der Waals surface area contributed by atoms with Gasteiger partial charge < -0.3 is 8.83 Å². The van der Waals surface area contributed by atoms with Crippen LogP contribution in [0.15, 0.2) is 74.4 Å². The number of aromatic nitrogens is 2. The van der Waals surface area contributed by atoms with E-state index in [1.807, 2.05) is 49.4 Å². The fourth-order valence-corrected chi connectivity index (χ4v) is 3.60. The lowest BCUT2D eigenvalue weighted by molar-refractivity contribution is 0.483. The molecular formula is C21H14N2O5S. The summed E-state index contributed by atoms with van der Waals surface area (Å²) in [6.45, 7) is 2.00. The van der Waals surface area contributed by atoms with Crippen LogP contribution in [-0.2, 0) is 10.1 Å². The average molecular weight is 406 g/mol. The third-order valence-corrected chi connectivity index (χ3v) is 5.43. The minimum atomic E-state index is -4.31. The first-order valence-electron chi connectivity index (χ1n) is 8.73. The van der Waals surface area contributed by atoms with Crippen LogP contribution >= 0.6 is 0 Å². The molecule has 0 aliphatic carbocycles. The molecule has 0 unspecified atom stereocenters. The fraction of sp³-hybridized carbons (Fsp3) is 0.0476. The summed E-state index contributed by atoms with van der Waals surface area (Å²) in [5.41, 5.74) is 4.92. The van der Waals surface area contributed by atoms with Crippen LogP contribution in [0, 0.1) is 6.92 Å². The Bertz CT molecular complexity index is 1480. The van der Waals surface area contributed by atoms with Gasteiger partial charge in [-0.3, -0.25) is 4.55 Å². The lowest BCUT2D eigenvalue weighted by atomic mass is 10.1. The molecule has 0 bridgehead atoms. The van der Waals surface area contributed by atoms with Gasteiger partial charge in [0, 0.05) is 17.2 Å². The first-order valence-corrected chi connectivity index (χ1v) is 10.2. The molecule has 8 heteroatoms. The Morgan fingerprint density at radius 3 is 1.83 bits per heavy atom. The Morgan fingerprint density at radius 1 is 0.759 bits per heavy atom. The van der Waals surface area contributed by atoms with Gasteiger partial charge in [0.05, 0.1) is 4.90 Å². The monoisotopic (exact) mass is 406 g/mol. The van der Waals surface area contributed by atoms with Gasteiger partial charge in [-0.25, -0.2) is 9.97 Å². The molecule has 2 aromatic heterocycles. The van der Waals surface area contributed by atoms with E-state index in [0.29, 0.717) is 22.9 Å². The molecule has 0 radical (unpaired) electrons. The first kappa shape index (κ1) is 17.6. The lowest BCUT2D eigenvalue weighted by Crippen LogP contribution is -1.96. The predicted molar refractivity (Wildman–Crippen MR) is 107 cm³/mol. The Morgan fingerprint density at radius 2 is 1.28 bits per heavy atom. The molecule has 5 aromatic rings. The number of rotatable bonds is 3. The Hall–Kier alpha value is -3.49. The van der Waals surface area contributed by atoms with E-state index in [9.17, 15) is 13.0 Å². The number of benzene rings is 3. The van der Waals surface area contributed by atoms with Crippen LogP contribution in [0.25, 0.3) is 45.1 Å². The fourth-order valence-electron chi connectivity index (χ4n) is 3.10. The highest BCUT2D eigenvalue weighted by molar-refractivity contribution is 7.85. The van der Waals surface area contributed by atoms with Gasteiger partial charge in [0.2, 0.25) is 11.8 Å². The highest BCUT2D eigenvalue weighted by atomic mass is 32.2. The van der Waals surface area contributed by atoms with Crippen molar-refractivity contribution in [1.82, 2.24) is 9.97 Å². The molecule has 5 rings (SSSR count). The summed E-state index contributed by atoms with van der Waals surface area (Å²) in [6.07, 6.45) is 0. The number of hydrogen-bond acceptors (Lipinski definition) is 6. The van der Waals surface area contributed by atoms with Crippen LogP contribution in [0.3, 0.4) is 0 Å². The molecule has 2 heterocycles. The molecule has 0 saturated heterocycles. The first-order chi connectivity index (χ1) is 13.9. The van der Waals surface area contributed by atoms with E-state index < -0.39 is 10.1 Å². The second kappa shape index (κ2) is 6.26. The molecule has 7 nitrogen and oxygen atoms in total. The van der Waals surface area contributed by atoms with Gasteiger partial charge in [0.1, 0.15) is 11.0 Å². The molecule has 29 heavy (non-hydrogen) atoms. The molecule has 0 aliphatic rings. The molecule has 0 saturated carbocycles. The summed E-state index contributed by atoms with van der Waals surface area (Å²) in [5.74, 6) is 0.861. The van der Waals surface area contributed by atoms with Gasteiger partial charge in [-0.05, 0) is 61.0 Å². The molecule has 3 aromatic carbocycles. The Kier molecular flexibility index (Phi) is 3.80. The quantitative estimate of drug-likeness (QED) is 0.427. The number of hydrogen-bond donors (Lipinski definition) is 1. The van der Waals surface area contributed by atoms with Crippen molar-refractivity contribution >= 4 is 32.3 Å². The van der Waals surface area contributed by atoms with Crippen LogP contribution < -0.4 is 0 Å². The van der Waals surface area contributed by atoms with E-state index >= 15 is 0 Å².